The molecule has 0 aromatic heterocycles. The fourth-order valence-electron chi connectivity index (χ4n) is 0.635. The van der Waals surface area contributed by atoms with E-state index in [1.54, 1.807) is 0 Å². The number of aliphatic hydroxyl groups is 2. The fourth-order valence-corrected chi connectivity index (χ4v) is 0.635. The predicted molar refractivity (Wildman–Crippen MR) is 34.9 cm³/mol. The van der Waals surface area contributed by atoms with Crippen molar-refractivity contribution < 1.29 is 41.3 Å². The van der Waals surface area contributed by atoms with Crippen LogP contribution in [0.2, 0.25) is 0 Å². The minimum absolute atomic E-state index is 0.984. The lowest BCUT2D eigenvalue weighted by atomic mass is 10.3. The van der Waals surface area contributed by atoms with Crippen LogP contribution >= 0.6 is 0 Å². The minimum Gasteiger partial charge on any atom is -0.394 e. The molecule has 0 saturated carbocycles. The summed E-state index contributed by atoms with van der Waals surface area (Å²) in [7, 11) is 0. The third kappa shape index (κ3) is 5.19. The van der Waals surface area contributed by atoms with Crippen molar-refractivity contribution in [2.24, 2.45) is 0 Å². The van der Waals surface area contributed by atoms with E-state index in [4.69, 9.17) is 10.2 Å². The third-order valence-corrected chi connectivity index (χ3v) is 1.26. The molecule has 0 heterocycles. The normalized spacial score (nSPS) is 15.8. The molecule has 0 amide bonds. The Labute approximate surface area is 80.3 Å². The number of halogens is 6. The molecule has 0 rings (SSSR count). The van der Waals surface area contributed by atoms with Crippen LogP contribution in [0.5, 0.6) is 0 Å². The van der Waals surface area contributed by atoms with Crippen molar-refractivity contribution in [2.75, 3.05) is 13.2 Å². The Morgan fingerprint density at radius 2 is 1.40 bits per heavy atom. The van der Waals surface area contributed by atoms with Gasteiger partial charge in [0.25, 0.3) is 0 Å². The molecule has 0 aliphatic carbocycles. The zero-order chi connectivity index (χ0) is 12.3. The number of hydrogen-bond acceptors (Lipinski definition) is 3. The first-order valence-corrected chi connectivity index (χ1v) is 3.63. The van der Waals surface area contributed by atoms with Crippen LogP contribution in [0.4, 0.5) is 26.3 Å². The molecule has 2 N–H and O–H groups in total. The maximum atomic E-state index is 11.8. The maximum absolute atomic E-state index is 11.8. The molecule has 0 spiro atoms. The van der Waals surface area contributed by atoms with Gasteiger partial charge in [-0.3, -0.25) is 0 Å². The first-order chi connectivity index (χ1) is 6.59. The lowest BCUT2D eigenvalue weighted by Crippen LogP contribution is -2.45. The Bertz CT molecular complexity index is 174. The molecule has 0 bridgehead atoms. The number of aliphatic hydroxyl groups excluding tert-OH is 2. The Kier molecular flexibility index (Phi) is 4.81. The molecule has 0 aliphatic heterocycles. The van der Waals surface area contributed by atoms with E-state index < -0.39 is 37.8 Å². The smallest absolute Gasteiger partial charge is 0.394 e. The third-order valence-electron chi connectivity index (χ3n) is 1.26. The Balaban J connectivity index is 4.42. The van der Waals surface area contributed by atoms with E-state index in [1.165, 1.54) is 0 Å². The Hall–Kier alpha value is -0.540. The topological polar surface area (TPSA) is 49.7 Å². The van der Waals surface area contributed by atoms with Gasteiger partial charge in [0, 0.05) is 0 Å². The molecule has 15 heavy (non-hydrogen) atoms. The van der Waals surface area contributed by atoms with Gasteiger partial charge in [0.1, 0.15) is 6.10 Å². The van der Waals surface area contributed by atoms with Crippen LogP contribution in [0, 0.1) is 0 Å². The molecule has 0 saturated heterocycles. The van der Waals surface area contributed by atoms with E-state index in [9.17, 15) is 26.3 Å². The summed E-state index contributed by atoms with van der Waals surface area (Å²) in [6, 6.07) is 0. The fraction of sp³-hybridized carbons (Fsp3) is 1.00. The SMILES string of the molecule is OC[C@@H](O)COC(C(F)(F)F)C(F)(F)F. The molecule has 0 aromatic carbocycles. The van der Waals surface area contributed by atoms with E-state index in [0.717, 1.165) is 0 Å². The summed E-state index contributed by atoms with van der Waals surface area (Å²) in [6.07, 6.45) is -16.9. The highest BCUT2D eigenvalue weighted by Crippen LogP contribution is 2.35. The number of alkyl halides is 6. The number of rotatable bonds is 4. The maximum Gasteiger partial charge on any atom is 0.423 e. The zero-order valence-electron chi connectivity index (χ0n) is 7.14. The first-order valence-electron chi connectivity index (χ1n) is 3.63. The monoisotopic (exact) mass is 242 g/mol. The van der Waals surface area contributed by atoms with Crippen molar-refractivity contribution in [3.8, 4) is 0 Å². The number of hydrogen-bond donors (Lipinski definition) is 2. The van der Waals surface area contributed by atoms with Crippen LogP contribution in [0.15, 0.2) is 0 Å². The van der Waals surface area contributed by atoms with E-state index in [-0.39, 0.29) is 0 Å². The van der Waals surface area contributed by atoms with Crippen molar-refractivity contribution >= 4 is 0 Å². The molecule has 0 fully saturated rings. The van der Waals surface area contributed by atoms with E-state index in [2.05, 4.69) is 4.74 Å². The van der Waals surface area contributed by atoms with Gasteiger partial charge < -0.3 is 14.9 Å². The second-order valence-electron chi connectivity index (χ2n) is 2.63. The minimum atomic E-state index is -5.60. The van der Waals surface area contributed by atoms with Gasteiger partial charge in [-0.05, 0) is 0 Å². The summed E-state index contributed by atoms with van der Waals surface area (Å²) in [4.78, 5) is 0. The summed E-state index contributed by atoms with van der Waals surface area (Å²) in [5.74, 6) is 0. The second-order valence-corrected chi connectivity index (χ2v) is 2.63. The van der Waals surface area contributed by atoms with Gasteiger partial charge >= 0.3 is 12.4 Å². The molecule has 0 aliphatic rings. The largest absolute Gasteiger partial charge is 0.423 e. The van der Waals surface area contributed by atoms with Crippen molar-refractivity contribution in [1.29, 1.82) is 0 Å². The van der Waals surface area contributed by atoms with Gasteiger partial charge in [-0.2, -0.15) is 26.3 Å². The first kappa shape index (κ1) is 14.5. The Morgan fingerprint density at radius 1 is 1.00 bits per heavy atom. The van der Waals surface area contributed by atoms with Crippen LogP contribution in [-0.4, -0.2) is 48.0 Å². The van der Waals surface area contributed by atoms with Crippen molar-refractivity contribution in [3.63, 3.8) is 0 Å². The van der Waals surface area contributed by atoms with E-state index in [0.29, 0.717) is 0 Å². The van der Waals surface area contributed by atoms with Crippen LogP contribution in [0.1, 0.15) is 0 Å². The molecule has 3 nitrogen and oxygen atoms in total. The molecule has 0 radical (unpaired) electrons. The van der Waals surface area contributed by atoms with E-state index in [1.807, 2.05) is 0 Å². The van der Waals surface area contributed by atoms with Crippen LogP contribution in [0.25, 0.3) is 0 Å². The molecule has 0 aromatic rings. The highest BCUT2D eigenvalue weighted by atomic mass is 19.4. The number of ether oxygens (including phenoxy) is 1. The molecule has 1 atom stereocenters. The second kappa shape index (κ2) is 4.99. The summed E-state index contributed by atoms with van der Waals surface area (Å²) in [5, 5.41) is 16.7. The molecule has 9 heteroatoms. The van der Waals surface area contributed by atoms with Gasteiger partial charge in [0.05, 0.1) is 13.2 Å². The molecular weight excluding hydrogens is 234 g/mol. The van der Waals surface area contributed by atoms with Gasteiger partial charge in [0.15, 0.2) is 0 Å². The van der Waals surface area contributed by atoms with Gasteiger partial charge in [0.2, 0.25) is 6.10 Å². The summed E-state index contributed by atoms with van der Waals surface area (Å²) < 4.78 is 74.2. The average Bonchev–Trinajstić information content (AvgIpc) is 1.99. The van der Waals surface area contributed by atoms with Gasteiger partial charge in [-0.15, -0.1) is 0 Å². The Morgan fingerprint density at radius 3 is 1.67 bits per heavy atom. The standard InChI is InChI=1S/C6H8F6O3/c7-5(8,9)4(6(10,11)12)15-2-3(14)1-13/h3-4,13-14H,1-2H2/t3-/m1/s1. The lowest BCUT2D eigenvalue weighted by Gasteiger charge is -2.23. The quantitative estimate of drug-likeness (QED) is 0.718. The van der Waals surface area contributed by atoms with Crippen molar-refractivity contribution in [3.05, 3.63) is 0 Å². The predicted octanol–water partition coefficient (Wildman–Crippen LogP) is 0.849. The zero-order valence-corrected chi connectivity index (χ0v) is 7.14. The van der Waals surface area contributed by atoms with E-state index >= 15 is 0 Å². The summed E-state index contributed by atoms with van der Waals surface area (Å²) in [6.45, 7) is -2.23. The van der Waals surface area contributed by atoms with Crippen LogP contribution in [0.3, 0.4) is 0 Å². The average molecular weight is 242 g/mol. The van der Waals surface area contributed by atoms with Gasteiger partial charge in [-0.25, -0.2) is 0 Å². The highest BCUT2D eigenvalue weighted by Gasteiger charge is 2.58. The van der Waals surface area contributed by atoms with Crippen LogP contribution in [-0.2, 0) is 4.74 Å². The molecule has 92 valence electrons. The van der Waals surface area contributed by atoms with Gasteiger partial charge in [-0.1, -0.05) is 0 Å². The van der Waals surface area contributed by atoms with Crippen molar-refractivity contribution in [1.82, 2.24) is 0 Å². The lowest BCUT2D eigenvalue weighted by molar-refractivity contribution is -0.324. The summed E-state index contributed by atoms with van der Waals surface area (Å²) >= 11 is 0. The van der Waals surface area contributed by atoms with Crippen molar-refractivity contribution in [2.45, 2.75) is 24.6 Å². The summed E-state index contributed by atoms with van der Waals surface area (Å²) in [5.41, 5.74) is 0. The molecular formula is C6H8F6O3. The molecule has 0 unspecified atom stereocenters. The highest BCUT2D eigenvalue weighted by molar-refractivity contribution is 4.76. The van der Waals surface area contributed by atoms with Crippen LogP contribution < -0.4 is 0 Å².